The molecule has 7 heteroatoms. The monoisotopic (exact) mass is 376 g/mol. The Kier molecular flexibility index (Phi) is 5.91. The molecule has 1 heterocycles. The number of halogens is 2. The normalized spacial score (nSPS) is 10.8. The second-order valence-corrected chi connectivity index (χ2v) is 6.35. The van der Waals surface area contributed by atoms with E-state index in [9.17, 15) is 0 Å². The maximum atomic E-state index is 8.96. The van der Waals surface area contributed by atoms with E-state index < -0.39 is 0 Å². The van der Waals surface area contributed by atoms with Crippen LogP contribution >= 0.6 is 23.2 Å². The van der Waals surface area contributed by atoms with Crippen molar-refractivity contribution in [3.05, 3.63) is 58.1 Å². The molecule has 0 aliphatic carbocycles. The maximum absolute atomic E-state index is 8.96. The topological polar surface area (TPSA) is 70.1 Å². The van der Waals surface area contributed by atoms with Gasteiger partial charge in [-0.15, -0.1) is 0 Å². The molecular weight excluding hydrogens is 359 g/mol. The number of benzene rings is 2. The van der Waals surface area contributed by atoms with E-state index >= 15 is 0 Å². The molecule has 3 aromatic rings. The summed E-state index contributed by atoms with van der Waals surface area (Å²) in [6.07, 6.45) is 0.654. The smallest absolute Gasteiger partial charge is 0.225 e. The Morgan fingerprint density at radius 3 is 2.64 bits per heavy atom. The second kappa shape index (κ2) is 8.34. The first-order valence-electron chi connectivity index (χ1n) is 7.96. The van der Waals surface area contributed by atoms with E-state index in [1.807, 2.05) is 30.3 Å². The third-order valence-corrected chi connectivity index (χ3v) is 4.27. The van der Waals surface area contributed by atoms with Crippen LogP contribution in [0.25, 0.3) is 10.9 Å². The highest BCUT2D eigenvalue weighted by atomic mass is 35.5. The summed E-state index contributed by atoms with van der Waals surface area (Å²) in [5.41, 5.74) is 1.76. The number of hydrogen-bond acceptors (Lipinski definition) is 5. The van der Waals surface area contributed by atoms with Gasteiger partial charge in [-0.25, -0.2) is 4.98 Å². The van der Waals surface area contributed by atoms with Gasteiger partial charge in [0.05, 0.1) is 5.52 Å². The average molecular weight is 377 g/mol. The van der Waals surface area contributed by atoms with Crippen LogP contribution < -0.4 is 10.6 Å². The summed E-state index contributed by atoms with van der Waals surface area (Å²) in [5.74, 6) is 1.25. The van der Waals surface area contributed by atoms with Gasteiger partial charge in [0, 0.05) is 35.1 Å². The zero-order valence-electron chi connectivity index (χ0n) is 13.5. The molecule has 0 spiro atoms. The lowest BCUT2D eigenvalue weighted by atomic mass is 10.2. The first kappa shape index (κ1) is 17.7. The van der Waals surface area contributed by atoms with Crippen molar-refractivity contribution in [3.63, 3.8) is 0 Å². The molecule has 0 aliphatic rings. The Hall–Kier alpha value is -2.08. The number of rotatable bonds is 7. The summed E-state index contributed by atoms with van der Waals surface area (Å²) in [7, 11) is 0. The summed E-state index contributed by atoms with van der Waals surface area (Å²) in [6, 6.07) is 13.2. The molecule has 0 bridgehead atoms. The predicted molar refractivity (Wildman–Crippen MR) is 104 cm³/mol. The van der Waals surface area contributed by atoms with Gasteiger partial charge in [0.25, 0.3) is 0 Å². The molecule has 0 aliphatic heterocycles. The molecule has 0 radical (unpaired) electrons. The fourth-order valence-electron chi connectivity index (χ4n) is 2.42. The van der Waals surface area contributed by atoms with Crippen LogP contribution in [0.15, 0.2) is 42.5 Å². The number of nitrogens with zero attached hydrogens (tertiary/aromatic N) is 2. The highest BCUT2D eigenvalue weighted by molar-refractivity contribution is 6.35. The van der Waals surface area contributed by atoms with Crippen molar-refractivity contribution in [2.75, 3.05) is 23.8 Å². The lowest BCUT2D eigenvalue weighted by Gasteiger charge is -2.12. The molecular formula is C18H18Cl2N4O. The second-order valence-electron chi connectivity index (χ2n) is 5.51. The Morgan fingerprint density at radius 2 is 1.84 bits per heavy atom. The number of aliphatic hydroxyl groups is 1. The van der Waals surface area contributed by atoms with Crippen molar-refractivity contribution in [3.8, 4) is 0 Å². The van der Waals surface area contributed by atoms with Gasteiger partial charge < -0.3 is 15.7 Å². The average Bonchev–Trinajstić information content (AvgIpc) is 2.61. The summed E-state index contributed by atoms with van der Waals surface area (Å²) in [4.78, 5) is 9.10. The quantitative estimate of drug-likeness (QED) is 0.535. The van der Waals surface area contributed by atoms with Gasteiger partial charge in [0.2, 0.25) is 5.95 Å². The molecule has 130 valence electrons. The van der Waals surface area contributed by atoms with Gasteiger partial charge in [-0.05, 0) is 36.2 Å². The first-order valence-corrected chi connectivity index (χ1v) is 8.72. The number of hydrogen-bond donors (Lipinski definition) is 3. The van der Waals surface area contributed by atoms with Gasteiger partial charge in [-0.3, -0.25) is 0 Å². The molecule has 0 atom stereocenters. The van der Waals surface area contributed by atoms with Crippen molar-refractivity contribution in [2.24, 2.45) is 0 Å². The maximum Gasteiger partial charge on any atom is 0.225 e. The Balaban J connectivity index is 1.83. The van der Waals surface area contributed by atoms with Gasteiger partial charge in [0.1, 0.15) is 5.82 Å². The summed E-state index contributed by atoms with van der Waals surface area (Å²) < 4.78 is 0. The number of fused-ring (bicyclic) bond motifs is 1. The number of anilines is 2. The van der Waals surface area contributed by atoms with Crippen LogP contribution in [0.4, 0.5) is 11.8 Å². The lowest BCUT2D eigenvalue weighted by Crippen LogP contribution is -2.09. The third kappa shape index (κ3) is 4.51. The summed E-state index contributed by atoms with van der Waals surface area (Å²) in [5, 5.41) is 17.6. The van der Waals surface area contributed by atoms with Gasteiger partial charge in [0.15, 0.2) is 0 Å². The van der Waals surface area contributed by atoms with E-state index in [4.69, 9.17) is 28.3 Å². The number of aromatic nitrogens is 2. The molecule has 0 saturated heterocycles. The molecule has 0 saturated carbocycles. The van der Waals surface area contributed by atoms with Crippen molar-refractivity contribution in [1.82, 2.24) is 9.97 Å². The lowest BCUT2D eigenvalue weighted by molar-refractivity contribution is 0.292. The van der Waals surface area contributed by atoms with Crippen molar-refractivity contribution in [2.45, 2.75) is 13.0 Å². The predicted octanol–water partition coefficient (Wildman–Crippen LogP) is 4.34. The van der Waals surface area contributed by atoms with E-state index in [1.165, 1.54) is 0 Å². The minimum absolute atomic E-state index is 0.135. The van der Waals surface area contributed by atoms with Gasteiger partial charge >= 0.3 is 0 Å². The molecule has 2 aromatic carbocycles. The SMILES string of the molecule is OCCCNc1nc(NCc2ccc(Cl)cc2Cl)nc2ccccc12. The zero-order chi connectivity index (χ0) is 17.6. The molecule has 1 aromatic heterocycles. The Bertz CT molecular complexity index is 873. The van der Waals surface area contributed by atoms with Gasteiger partial charge in [-0.1, -0.05) is 41.4 Å². The van der Waals surface area contributed by atoms with Gasteiger partial charge in [-0.2, -0.15) is 4.98 Å². The van der Waals surface area contributed by atoms with Crippen LogP contribution in [0.2, 0.25) is 10.0 Å². The van der Waals surface area contributed by atoms with E-state index in [1.54, 1.807) is 12.1 Å². The number of nitrogens with one attached hydrogen (secondary N) is 2. The molecule has 25 heavy (non-hydrogen) atoms. The highest BCUT2D eigenvalue weighted by Gasteiger charge is 2.08. The van der Waals surface area contributed by atoms with Crippen LogP contribution in [0.3, 0.4) is 0 Å². The summed E-state index contributed by atoms with van der Waals surface area (Å²) in [6.45, 7) is 1.26. The molecule has 3 N–H and O–H groups in total. The van der Waals surface area contributed by atoms with E-state index in [-0.39, 0.29) is 6.61 Å². The highest BCUT2D eigenvalue weighted by Crippen LogP contribution is 2.24. The van der Waals surface area contributed by atoms with Crippen LogP contribution in [-0.2, 0) is 6.54 Å². The minimum Gasteiger partial charge on any atom is -0.396 e. The zero-order valence-corrected chi connectivity index (χ0v) is 15.0. The molecule has 0 unspecified atom stereocenters. The van der Waals surface area contributed by atoms with E-state index in [0.717, 1.165) is 22.3 Å². The Morgan fingerprint density at radius 1 is 1.00 bits per heavy atom. The third-order valence-electron chi connectivity index (χ3n) is 3.68. The van der Waals surface area contributed by atoms with E-state index in [2.05, 4.69) is 20.6 Å². The van der Waals surface area contributed by atoms with Crippen molar-refractivity contribution in [1.29, 1.82) is 0 Å². The number of aliphatic hydroxyl groups excluding tert-OH is 1. The first-order chi connectivity index (χ1) is 12.2. The van der Waals surface area contributed by atoms with Crippen LogP contribution in [0.1, 0.15) is 12.0 Å². The minimum atomic E-state index is 0.135. The van der Waals surface area contributed by atoms with Crippen LogP contribution in [-0.4, -0.2) is 28.2 Å². The molecule has 0 amide bonds. The number of para-hydroxylation sites is 1. The molecule has 0 fully saturated rings. The van der Waals surface area contributed by atoms with Crippen molar-refractivity contribution >= 4 is 45.9 Å². The molecule has 3 rings (SSSR count). The van der Waals surface area contributed by atoms with Crippen molar-refractivity contribution < 1.29 is 5.11 Å². The Labute approximate surface area is 156 Å². The standard InChI is InChI=1S/C18H18Cl2N4O/c19-13-7-6-12(15(20)10-13)11-22-18-23-16-5-2-1-4-14(16)17(24-18)21-8-3-9-25/h1-2,4-7,10,25H,3,8-9,11H2,(H2,21,22,23,24). The fraction of sp³-hybridized carbons (Fsp3) is 0.222. The fourth-order valence-corrected chi connectivity index (χ4v) is 2.89. The van der Waals surface area contributed by atoms with Crippen LogP contribution in [0, 0.1) is 0 Å². The molecule has 5 nitrogen and oxygen atoms in total. The van der Waals surface area contributed by atoms with Crippen LogP contribution in [0.5, 0.6) is 0 Å². The largest absolute Gasteiger partial charge is 0.396 e. The summed E-state index contributed by atoms with van der Waals surface area (Å²) >= 11 is 12.1. The van der Waals surface area contributed by atoms with E-state index in [0.29, 0.717) is 35.5 Å².